The number of nitrogens with two attached hydrogens (primary N) is 1. The first-order valence-corrected chi connectivity index (χ1v) is 8.65. The number of carbonyl (C=O) groups excluding carboxylic acids is 1. The minimum atomic E-state index is 0.176. The van der Waals surface area contributed by atoms with Gasteiger partial charge in [0.25, 0.3) is 5.91 Å². The summed E-state index contributed by atoms with van der Waals surface area (Å²) in [6, 6.07) is 5.94. The van der Waals surface area contributed by atoms with Gasteiger partial charge in [0.05, 0.1) is 10.1 Å². The van der Waals surface area contributed by atoms with E-state index in [0.717, 1.165) is 36.2 Å². The number of carbonyl (C=O) groups is 1. The molecule has 100 valence electrons. The van der Waals surface area contributed by atoms with Crippen molar-refractivity contribution in [1.29, 1.82) is 0 Å². The second-order valence-corrected chi connectivity index (χ2v) is 8.60. The molecule has 1 aromatic rings. The van der Waals surface area contributed by atoms with Crippen molar-refractivity contribution in [2.75, 3.05) is 23.8 Å². The summed E-state index contributed by atoms with van der Waals surface area (Å²) in [6.07, 6.45) is 2.16. The molecule has 3 aliphatic heterocycles. The van der Waals surface area contributed by atoms with E-state index in [9.17, 15) is 4.79 Å². The molecule has 0 saturated carbocycles. The maximum absolute atomic E-state index is 12.4. The van der Waals surface area contributed by atoms with E-state index in [1.807, 2.05) is 23.1 Å². The zero-order valence-electron chi connectivity index (χ0n) is 10.6. The molecule has 1 amide bonds. The van der Waals surface area contributed by atoms with Crippen molar-refractivity contribution in [2.45, 2.75) is 23.0 Å². The van der Waals surface area contributed by atoms with E-state index in [2.05, 4.69) is 23.5 Å². The molecule has 19 heavy (non-hydrogen) atoms. The van der Waals surface area contributed by atoms with E-state index in [1.165, 1.54) is 11.5 Å². The Labute approximate surface area is 121 Å². The van der Waals surface area contributed by atoms with Crippen molar-refractivity contribution in [2.24, 2.45) is 0 Å². The fraction of sp³-hybridized carbons (Fsp3) is 0.500. The van der Waals surface area contributed by atoms with Crippen LogP contribution >= 0.6 is 23.5 Å². The Morgan fingerprint density at radius 2 is 2.11 bits per heavy atom. The van der Waals surface area contributed by atoms with Crippen molar-refractivity contribution in [3.05, 3.63) is 29.3 Å². The minimum absolute atomic E-state index is 0.176. The first kappa shape index (κ1) is 12.0. The number of anilines is 1. The molecule has 1 atom stereocenters. The van der Waals surface area contributed by atoms with Gasteiger partial charge in [-0.2, -0.15) is 0 Å². The lowest BCUT2D eigenvalue weighted by Crippen LogP contribution is -2.41. The largest absolute Gasteiger partial charge is 0.398 e. The van der Waals surface area contributed by atoms with Crippen molar-refractivity contribution in [3.63, 3.8) is 0 Å². The van der Waals surface area contributed by atoms with Gasteiger partial charge in [0.1, 0.15) is 0 Å². The Morgan fingerprint density at radius 3 is 2.89 bits per heavy atom. The van der Waals surface area contributed by atoms with Gasteiger partial charge in [-0.1, -0.05) is 6.07 Å². The van der Waals surface area contributed by atoms with Crippen molar-refractivity contribution < 1.29 is 4.79 Å². The molecule has 0 aromatic heterocycles. The lowest BCUT2D eigenvalue weighted by atomic mass is 9.95. The SMILES string of the molecule is Nc1cccc2c1C1CC3(CCN1C2=O)SCCS3. The summed E-state index contributed by atoms with van der Waals surface area (Å²) < 4.78 is 0.325. The Hall–Kier alpha value is -0.810. The third-order valence-electron chi connectivity index (χ3n) is 4.39. The lowest BCUT2D eigenvalue weighted by molar-refractivity contribution is 0.0669. The van der Waals surface area contributed by atoms with Crippen LogP contribution in [0.1, 0.15) is 34.8 Å². The van der Waals surface area contributed by atoms with Gasteiger partial charge in [-0.25, -0.2) is 0 Å². The number of piperidine rings is 1. The molecule has 1 spiro atoms. The molecule has 5 heteroatoms. The van der Waals surface area contributed by atoms with Gasteiger partial charge in [-0.15, -0.1) is 23.5 Å². The molecule has 2 saturated heterocycles. The topological polar surface area (TPSA) is 46.3 Å². The molecular formula is C14H16N2OS2. The number of nitrogens with zero attached hydrogens (tertiary/aromatic N) is 1. The van der Waals surface area contributed by atoms with Crippen LogP contribution in [-0.4, -0.2) is 32.9 Å². The third-order valence-corrected chi connectivity index (χ3v) is 7.97. The van der Waals surface area contributed by atoms with Crippen LogP contribution in [0.3, 0.4) is 0 Å². The van der Waals surface area contributed by atoms with Crippen LogP contribution in [-0.2, 0) is 0 Å². The molecule has 3 nitrogen and oxygen atoms in total. The number of nitrogen functional groups attached to an aromatic ring is 1. The summed E-state index contributed by atoms with van der Waals surface area (Å²) in [4.78, 5) is 14.5. The highest BCUT2D eigenvalue weighted by atomic mass is 32.2. The fourth-order valence-electron chi connectivity index (χ4n) is 3.51. The van der Waals surface area contributed by atoms with E-state index in [1.54, 1.807) is 0 Å². The van der Waals surface area contributed by atoms with Crippen LogP contribution in [0.2, 0.25) is 0 Å². The highest BCUT2D eigenvalue weighted by Crippen LogP contribution is 2.57. The first-order valence-electron chi connectivity index (χ1n) is 6.67. The van der Waals surface area contributed by atoms with Crippen LogP contribution in [0.25, 0.3) is 0 Å². The predicted octanol–water partition coefficient (Wildman–Crippen LogP) is 2.74. The summed E-state index contributed by atoms with van der Waals surface area (Å²) >= 11 is 4.16. The lowest BCUT2D eigenvalue weighted by Gasteiger charge is -2.41. The summed E-state index contributed by atoms with van der Waals surface area (Å²) in [5.41, 5.74) is 8.83. The maximum Gasteiger partial charge on any atom is 0.254 e. The Balaban J connectivity index is 1.77. The molecule has 2 fully saturated rings. The molecule has 3 heterocycles. The van der Waals surface area contributed by atoms with E-state index in [4.69, 9.17) is 5.73 Å². The Kier molecular flexibility index (Phi) is 2.58. The van der Waals surface area contributed by atoms with E-state index in [-0.39, 0.29) is 11.9 Å². The smallest absolute Gasteiger partial charge is 0.254 e. The van der Waals surface area contributed by atoms with Crippen LogP contribution in [0.15, 0.2) is 18.2 Å². The highest BCUT2D eigenvalue weighted by Gasteiger charge is 2.49. The molecule has 3 aliphatic rings. The van der Waals surface area contributed by atoms with Gasteiger partial charge >= 0.3 is 0 Å². The Bertz CT molecular complexity index is 554. The van der Waals surface area contributed by atoms with Gasteiger partial charge in [0.15, 0.2) is 0 Å². The number of benzene rings is 1. The standard InChI is InChI=1S/C14H16N2OS2/c15-10-3-1-2-9-12(10)11-8-14(18-6-7-19-14)4-5-16(11)13(9)17/h1-3,11H,4-8,15H2. The highest BCUT2D eigenvalue weighted by molar-refractivity contribution is 8.21. The number of fused-ring (bicyclic) bond motifs is 3. The van der Waals surface area contributed by atoms with Crippen LogP contribution in [0.5, 0.6) is 0 Å². The number of hydrogen-bond donors (Lipinski definition) is 1. The second kappa shape index (κ2) is 4.09. The van der Waals surface area contributed by atoms with E-state index >= 15 is 0 Å². The number of thioether (sulfide) groups is 2. The van der Waals surface area contributed by atoms with Gasteiger partial charge in [-0.05, 0) is 25.0 Å². The number of amides is 1. The zero-order chi connectivity index (χ0) is 13.0. The summed E-state index contributed by atoms with van der Waals surface area (Å²) in [5.74, 6) is 2.65. The maximum atomic E-state index is 12.4. The predicted molar refractivity (Wildman–Crippen MR) is 81.5 cm³/mol. The molecule has 4 rings (SSSR count). The van der Waals surface area contributed by atoms with E-state index < -0.39 is 0 Å². The van der Waals surface area contributed by atoms with Crippen molar-refractivity contribution in [1.82, 2.24) is 4.90 Å². The van der Waals surface area contributed by atoms with Crippen LogP contribution < -0.4 is 5.73 Å². The monoisotopic (exact) mass is 292 g/mol. The van der Waals surface area contributed by atoms with Gasteiger partial charge in [-0.3, -0.25) is 4.79 Å². The summed E-state index contributed by atoms with van der Waals surface area (Å²) in [6.45, 7) is 0.873. The van der Waals surface area contributed by atoms with Crippen LogP contribution in [0, 0.1) is 0 Å². The summed E-state index contributed by atoms with van der Waals surface area (Å²) in [5, 5.41) is 0. The minimum Gasteiger partial charge on any atom is -0.398 e. The van der Waals surface area contributed by atoms with Crippen LogP contribution in [0.4, 0.5) is 5.69 Å². The number of rotatable bonds is 0. The Morgan fingerprint density at radius 1 is 1.32 bits per heavy atom. The quantitative estimate of drug-likeness (QED) is 0.747. The average molecular weight is 292 g/mol. The van der Waals surface area contributed by atoms with Gasteiger partial charge in [0, 0.05) is 34.9 Å². The first-order chi connectivity index (χ1) is 9.20. The average Bonchev–Trinajstić information content (AvgIpc) is 2.96. The zero-order valence-corrected chi connectivity index (χ0v) is 12.2. The van der Waals surface area contributed by atoms with Gasteiger partial charge in [0.2, 0.25) is 0 Å². The fourth-order valence-corrected chi connectivity index (χ4v) is 6.78. The van der Waals surface area contributed by atoms with E-state index in [0.29, 0.717) is 4.08 Å². The van der Waals surface area contributed by atoms with Crippen molar-refractivity contribution >= 4 is 35.1 Å². The second-order valence-electron chi connectivity index (χ2n) is 5.38. The summed E-state index contributed by atoms with van der Waals surface area (Å²) in [7, 11) is 0. The normalized spacial score (nSPS) is 27.7. The number of hydrogen-bond acceptors (Lipinski definition) is 4. The molecule has 1 unspecified atom stereocenters. The molecule has 0 bridgehead atoms. The van der Waals surface area contributed by atoms with Crippen molar-refractivity contribution in [3.8, 4) is 0 Å². The molecule has 0 aliphatic carbocycles. The molecule has 0 radical (unpaired) electrons. The van der Waals surface area contributed by atoms with Gasteiger partial charge < -0.3 is 10.6 Å². The molecular weight excluding hydrogens is 276 g/mol. The molecule has 2 N–H and O–H groups in total. The third kappa shape index (κ3) is 1.64. The molecule has 1 aromatic carbocycles.